The summed E-state index contributed by atoms with van der Waals surface area (Å²) >= 11 is 0. The second kappa shape index (κ2) is 9.48. The van der Waals surface area contributed by atoms with Gasteiger partial charge in [-0.25, -0.2) is 8.42 Å². The number of hydrogen-bond acceptors (Lipinski definition) is 5. The first kappa shape index (κ1) is 23.2. The van der Waals surface area contributed by atoms with Crippen LogP contribution in [-0.2, 0) is 17.1 Å². The van der Waals surface area contributed by atoms with E-state index in [0.717, 1.165) is 32.1 Å². The van der Waals surface area contributed by atoms with E-state index in [4.69, 9.17) is 0 Å². The van der Waals surface area contributed by atoms with Gasteiger partial charge in [0.15, 0.2) is 0 Å². The van der Waals surface area contributed by atoms with Crippen LogP contribution in [-0.4, -0.2) is 60.2 Å². The molecule has 176 valence electrons. The Hall–Kier alpha value is -2.98. The van der Waals surface area contributed by atoms with E-state index in [1.54, 1.807) is 4.90 Å². The molecule has 2 aliphatic heterocycles. The van der Waals surface area contributed by atoms with Gasteiger partial charge in [0.1, 0.15) is 5.69 Å². The summed E-state index contributed by atoms with van der Waals surface area (Å²) in [5.41, 5.74) is 0.103. The van der Waals surface area contributed by atoms with Crippen LogP contribution in [0, 0.1) is 0 Å². The van der Waals surface area contributed by atoms with Gasteiger partial charge in [0.2, 0.25) is 10.0 Å². The van der Waals surface area contributed by atoms with E-state index in [1.807, 2.05) is 0 Å². The van der Waals surface area contributed by atoms with Gasteiger partial charge in [0, 0.05) is 45.0 Å². The van der Waals surface area contributed by atoms with Crippen molar-refractivity contribution >= 4 is 27.5 Å². The van der Waals surface area contributed by atoms with Crippen LogP contribution in [0.3, 0.4) is 0 Å². The van der Waals surface area contributed by atoms with Crippen molar-refractivity contribution in [1.82, 2.24) is 13.8 Å². The molecule has 2 aromatic rings. The van der Waals surface area contributed by atoms with Gasteiger partial charge in [-0.05, 0) is 56.0 Å². The Kier molecular flexibility index (Phi) is 6.66. The average molecular weight is 473 g/mol. The number of hydrogen-bond donors (Lipinski definition) is 1. The Bertz CT molecular complexity index is 1210. The molecule has 3 heterocycles. The van der Waals surface area contributed by atoms with Crippen molar-refractivity contribution in [2.24, 2.45) is 7.05 Å². The number of aromatic nitrogens is 1. The lowest BCUT2D eigenvalue weighted by molar-refractivity contribution is 0.0791. The van der Waals surface area contributed by atoms with E-state index >= 15 is 0 Å². The largest absolute Gasteiger partial charge is 0.339 e. The summed E-state index contributed by atoms with van der Waals surface area (Å²) in [5, 5.41) is 2.57. The maximum absolute atomic E-state index is 12.8. The normalized spacial score (nSPS) is 17.2. The first-order valence-corrected chi connectivity index (χ1v) is 12.6. The molecule has 2 fully saturated rings. The number of pyridine rings is 1. The van der Waals surface area contributed by atoms with Gasteiger partial charge in [-0.2, -0.15) is 4.31 Å². The van der Waals surface area contributed by atoms with Crippen molar-refractivity contribution in [1.29, 1.82) is 0 Å². The van der Waals surface area contributed by atoms with Crippen molar-refractivity contribution in [2.75, 3.05) is 31.5 Å². The maximum atomic E-state index is 12.8. The van der Waals surface area contributed by atoms with Crippen LogP contribution in [0.1, 0.15) is 52.8 Å². The van der Waals surface area contributed by atoms with E-state index in [1.165, 1.54) is 52.4 Å². The quantitative estimate of drug-likeness (QED) is 0.716. The number of carbonyl (C=O) groups is 2. The summed E-state index contributed by atoms with van der Waals surface area (Å²) in [6.45, 7) is 2.35. The molecule has 2 amide bonds. The number of sulfonamides is 1. The molecule has 9 nitrogen and oxygen atoms in total. The van der Waals surface area contributed by atoms with Crippen LogP contribution in [0.4, 0.5) is 5.69 Å². The Morgan fingerprint density at radius 1 is 0.879 bits per heavy atom. The van der Waals surface area contributed by atoms with E-state index in [-0.39, 0.29) is 22.1 Å². The molecule has 2 saturated heterocycles. The van der Waals surface area contributed by atoms with Gasteiger partial charge in [-0.3, -0.25) is 14.4 Å². The minimum Gasteiger partial charge on any atom is -0.339 e. The topological polar surface area (TPSA) is 109 Å². The molecule has 10 heteroatoms. The number of benzene rings is 1. The fraction of sp³-hybridized carbons (Fsp3) is 0.435. The van der Waals surface area contributed by atoms with E-state index in [2.05, 4.69) is 5.32 Å². The number of likely N-dealkylation sites (tertiary alicyclic amines) is 1. The zero-order valence-corrected chi connectivity index (χ0v) is 19.4. The highest BCUT2D eigenvalue weighted by Crippen LogP contribution is 2.21. The number of nitrogens with zero attached hydrogens (tertiary/aromatic N) is 3. The predicted octanol–water partition coefficient (Wildman–Crippen LogP) is 2.05. The highest BCUT2D eigenvalue weighted by Gasteiger charge is 2.26. The van der Waals surface area contributed by atoms with Crippen molar-refractivity contribution in [3.8, 4) is 0 Å². The molecule has 2 aliphatic rings. The number of aryl methyl sites for hydroxylation is 1. The molecule has 1 N–H and O–H groups in total. The van der Waals surface area contributed by atoms with Crippen LogP contribution < -0.4 is 10.9 Å². The van der Waals surface area contributed by atoms with E-state index < -0.39 is 21.5 Å². The molecule has 0 saturated carbocycles. The molecule has 0 radical (unpaired) electrons. The molecule has 1 aromatic carbocycles. The predicted molar refractivity (Wildman–Crippen MR) is 124 cm³/mol. The van der Waals surface area contributed by atoms with Crippen molar-refractivity contribution in [3.05, 3.63) is 58.0 Å². The standard InChI is InChI=1S/C23H28N4O5S/c1-25-16-18(22(29)26-11-5-6-12-26)15-20(23(25)30)24-21(28)17-7-9-19(10-8-17)33(31,32)27-13-3-2-4-14-27/h7-10,15-16H,2-6,11-14H2,1H3,(H,24,28). The number of piperidine rings is 1. The van der Waals surface area contributed by atoms with Crippen LogP contribution >= 0.6 is 0 Å². The third-order valence-electron chi connectivity index (χ3n) is 6.14. The number of anilines is 1. The third kappa shape index (κ3) is 4.86. The second-order valence-electron chi connectivity index (χ2n) is 8.50. The van der Waals surface area contributed by atoms with E-state index in [0.29, 0.717) is 31.7 Å². The zero-order chi connectivity index (χ0) is 23.6. The lowest BCUT2D eigenvalue weighted by Gasteiger charge is -2.25. The molecule has 0 unspecified atom stereocenters. The van der Waals surface area contributed by atoms with Gasteiger partial charge in [0.05, 0.1) is 10.5 Å². The molecular weight excluding hydrogens is 444 g/mol. The monoisotopic (exact) mass is 472 g/mol. The lowest BCUT2D eigenvalue weighted by Crippen LogP contribution is -2.35. The molecule has 0 aliphatic carbocycles. The fourth-order valence-electron chi connectivity index (χ4n) is 4.25. The minimum atomic E-state index is -3.59. The smallest absolute Gasteiger partial charge is 0.274 e. The van der Waals surface area contributed by atoms with Crippen LogP contribution in [0.5, 0.6) is 0 Å². The molecular formula is C23H28N4O5S. The highest BCUT2D eigenvalue weighted by molar-refractivity contribution is 7.89. The Labute approximate surface area is 193 Å². The molecule has 1 aromatic heterocycles. The number of rotatable bonds is 5. The Morgan fingerprint density at radius 2 is 1.48 bits per heavy atom. The summed E-state index contributed by atoms with van der Waals surface area (Å²) in [6.07, 6.45) is 6.07. The maximum Gasteiger partial charge on any atom is 0.274 e. The minimum absolute atomic E-state index is 0.00226. The Balaban J connectivity index is 1.52. The van der Waals surface area contributed by atoms with Gasteiger partial charge in [0.25, 0.3) is 17.4 Å². The average Bonchev–Trinajstić information content (AvgIpc) is 3.37. The molecule has 4 rings (SSSR count). The van der Waals surface area contributed by atoms with Crippen LogP contribution in [0.25, 0.3) is 0 Å². The van der Waals surface area contributed by atoms with Crippen LogP contribution in [0.2, 0.25) is 0 Å². The van der Waals surface area contributed by atoms with Gasteiger partial charge >= 0.3 is 0 Å². The third-order valence-corrected chi connectivity index (χ3v) is 8.05. The van der Waals surface area contributed by atoms with Gasteiger partial charge in [-0.1, -0.05) is 6.42 Å². The molecule has 0 spiro atoms. The lowest BCUT2D eigenvalue weighted by atomic mass is 10.2. The first-order chi connectivity index (χ1) is 15.8. The second-order valence-corrected chi connectivity index (χ2v) is 10.4. The molecule has 0 atom stereocenters. The van der Waals surface area contributed by atoms with Crippen molar-refractivity contribution < 1.29 is 18.0 Å². The number of amides is 2. The van der Waals surface area contributed by atoms with Crippen molar-refractivity contribution in [2.45, 2.75) is 37.0 Å². The summed E-state index contributed by atoms with van der Waals surface area (Å²) in [5.74, 6) is -0.731. The fourth-order valence-corrected chi connectivity index (χ4v) is 5.77. The van der Waals surface area contributed by atoms with Gasteiger partial charge < -0.3 is 14.8 Å². The summed E-state index contributed by atoms with van der Waals surface area (Å²) in [4.78, 5) is 39.9. The van der Waals surface area contributed by atoms with Gasteiger partial charge in [-0.15, -0.1) is 0 Å². The first-order valence-electron chi connectivity index (χ1n) is 11.2. The summed E-state index contributed by atoms with van der Waals surface area (Å²) in [7, 11) is -2.07. The summed E-state index contributed by atoms with van der Waals surface area (Å²) < 4.78 is 28.3. The molecule has 33 heavy (non-hydrogen) atoms. The highest BCUT2D eigenvalue weighted by atomic mass is 32.2. The SMILES string of the molecule is Cn1cc(C(=O)N2CCCC2)cc(NC(=O)c2ccc(S(=O)(=O)N3CCCCC3)cc2)c1=O. The number of carbonyl (C=O) groups excluding carboxylic acids is 2. The van der Waals surface area contributed by atoms with Crippen LogP contribution in [0.15, 0.2) is 46.2 Å². The summed E-state index contributed by atoms with van der Waals surface area (Å²) in [6, 6.07) is 7.07. The zero-order valence-electron chi connectivity index (χ0n) is 18.6. The molecule has 0 bridgehead atoms. The number of nitrogens with one attached hydrogen (secondary N) is 1. The van der Waals surface area contributed by atoms with Crippen molar-refractivity contribution in [3.63, 3.8) is 0 Å². The van der Waals surface area contributed by atoms with E-state index in [9.17, 15) is 22.8 Å². The Morgan fingerprint density at radius 3 is 2.12 bits per heavy atom.